The zero-order chi connectivity index (χ0) is 14.4. The van der Waals surface area contributed by atoms with Crippen LogP contribution in [-0.4, -0.2) is 19.2 Å². The van der Waals surface area contributed by atoms with Crippen molar-refractivity contribution >= 4 is 0 Å². The number of rotatable bonds is 6. The topological polar surface area (TPSA) is 43.4 Å². The highest BCUT2D eigenvalue weighted by molar-refractivity contribution is 5.40. The minimum absolute atomic E-state index is 0.725. The third-order valence-corrected chi connectivity index (χ3v) is 3.09. The number of ether oxygens (including phenoxy) is 2. The van der Waals surface area contributed by atoms with Crippen molar-refractivity contribution in [2.45, 2.75) is 20.0 Å². The van der Waals surface area contributed by atoms with E-state index in [1.54, 1.807) is 14.2 Å². The standard InChI is InChI=1S/C16H20N2O2/c1-12-4-6-14(18-9-12)11-17-10-13-5-7-15(19-2)8-16(13)20-3/h4-9,17H,10-11H2,1-3H3. The quantitative estimate of drug-likeness (QED) is 0.878. The zero-order valence-electron chi connectivity index (χ0n) is 12.1. The molecule has 0 aliphatic heterocycles. The van der Waals surface area contributed by atoms with Gasteiger partial charge in [0.2, 0.25) is 0 Å². The van der Waals surface area contributed by atoms with E-state index in [1.165, 1.54) is 5.56 Å². The number of aryl methyl sites for hydroxylation is 1. The maximum atomic E-state index is 5.37. The molecule has 0 saturated heterocycles. The van der Waals surface area contributed by atoms with Crippen LogP contribution in [0.4, 0.5) is 0 Å². The van der Waals surface area contributed by atoms with Crippen LogP contribution in [0.15, 0.2) is 36.5 Å². The van der Waals surface area contributed by atoms with Crippen LogP contribution in [0.1, 0.15) is 16.8 Å². The Kier molecular flexibility index (Phi) is 4.96. The van der Waals surface area contributed by atoms with Gasteiger partial charge in [0, 0.05) is 30.9 Å². The highest BCUT2D eigenvalue weighted by Gasteiger charge is 2.04. The highest BCUT2D eigenvalue weighted by atomic mass is 16.5. The summed E-state index contributed by atoms with van der Waals surface area (Å²) in [5, 5.41) is 3.37. The highest BCUT2D eigenvalue weighted by Crippen LogP contribution is 2.24. The molecule has 0 aliphatic rings. The average Bonchev–Trinajstić information content (AvgIpc) is 2.49. The third kappa shape index (κ3) is 3.71. The summed E-state index contributed by atoms with van der Waals surface area (Å²) < 4.78 is 10.6. The van der Waals surface area contributed by atoms with Gasteiger partial charge in [0.15, 0.2) is 0 Å². The Morgan fingerprint density at radius 2 is 1.90 bits per heavy atom. The van der Waals surface area contributed by atoms with Crippen molar-refractivity contribution in [1.82, 2.24) is 10.3 Å². The van der Waals surface area contributed by atoms with Gasteiger partial charge in [0.05, 0.1) is 19.9 Å². The third-order valence-electron chi connectivity index (χ3n) is 3.09. The van der Waals surface area contributed by atoms with Crippen LogP contribution < -0.4 is 14.8 Å². The second-order valence-electron chi connectivity index (χ2n) is 4.61. The fraction of sp³-hybridized carbons (Fsp3) is 0.312. The van der Waals surface area contributed by atoms with E-state index in [-0.39, 0.29) is 0 Å². The summed E-state index contributed by atoms with van der Waals surface area (Å²) in [5.74, 6) is 1.62. The Hall–Kier alpha value is -2.07. The van der Waals surface area contributed by atoms with Crippen LogP contribution >= 0.6 is 0 Å². The van der Waals surface area contributed by atoms with Gasteiger partial charge in [0.25, 0.3) is 0 Å². The molecule has 0 bridgehead atoms. The summed E-state index contributed by atoms with van der Waals surface area (Å²) in [6, 6.07) is 9.93. The lowest BCUT2D eigenvalue weighted by atomic mass is 10.2. The van der Waals surface area contributed by atoms with E-state index in [0.29, 0.717) is 0 Å². The number of hydrogen-bond donors (Lipinski definition) is 1. The Bertz CT molecular complexity index is 553. The van der Waals surface area contributed by atoms with Crippen molar-refractivity contribution in [1.29, 1.82) is 0 Å². The van der Waals surface area contributed by atoms with Gasteiger partial charge in [-0.15, -0.1) is 0 Å². The number of nitrogens with one attached hydrogen (secondary N) is 1. The summed E-state index contributed by atoms with van der Waals surface area (Å²) >= 11 is 0. The molecule has 0 fully saturated rings. The molecule has 0 spiro atoms. The zero-order valence-corrected chi connectivity index (χ0v) is 12.1. The average molecular weight is 272 g/mol. The molecule has 1 N–H and O–H groups in total. The lowest BCUT2D eigenvalue weighted by Gasteiger charge is -2.11. The summed E-state index contributed by atoms with van der Waals surface area (Å²) in [7, 11) is 3.32. The van der Waals surface area contributed by atoms with Gasteiger partial charge < -0.3 is 14.8 Å². The first kappa shape index (κ1) is 14.3. The maximum Gasteiger partial charge on any atom is 0.127 e. The number of methoxy groups -OCH3 is 2. The Morgan fingerprint density at radius 1 is 1.05 bits per heavy atom. The van der Waals surface area contributed by atoms with Gasteiger partial charge in [-0.2, -0.15) is 0 Å². The van der Waals surface area contributed by atoms with Crippen molar-refractivity contribution in [2.24, 2.45) is 0 Å². The normalized spacial score (nSPS) is 10.3. The molecule has 20 heavy (non-hydrogen) atoms. The number of hydrogen-bond acceptors (Lipinski definition) is 4. The van der Waals surface area contributed by atoms with Crippen LogP contribution in [0.25, 0.3) is 0 Å². The van der Waals surface area contributed by atoms with Gasteiger partial charge in [0.1, 0.15) is 11.5 Å². The second-order valence-corrected chi connectivity index (χ2v) is 4.61. The molecule has 0 radical (unpaired) electrons. The number of pyridine rings is 1. The summed E-state index contributed by atoms with van der Waals surface area (Å²) in [6.45, 7) is 3.49. The van der Waals surface area contributed by atoms with Crippen molar-refractivity contribution in [3.8, 4) is 11.5 Å². The van der Waals surface area contributed by atoms with E-state index < -0.39 is 0 Å². The summed E-state index contributed by atoms with van der Waals surface area (Å²) in [6.07, 6.45) is 1.88. The van der Waals surface area contributed by atoms with Crippen molar-refractivity contribution in [3.63, 3.8) is 0 Å². The molecule has 4 heteroatoms. The molecule has 0 atom stereocenters. The van der Waals surface area contributed by atoms with Crippen LogP contribution in [-0.2, 0) is 13.1 Å². The van der Waals surface area contributed by atoms with Crippen LogP contribution in [0.5, 0.6) is 11.5 Å². The molecule has 0 saturated carbocycles. The fourth-order valence-electron chi connectivity index (χ4n) is 1.93. The first-order chi connectivity index (χ1) is 9.72. The Morgan fingerprint density at radius 3 is 2.55 bits per heavy atom. The first-order valence-electron chi connectivity index (χ1n) is 6.56. The Labute approximate surface area is 119 Å². The molecule has 2 aromatic rings. The van der Waals surface area contributed by atoms with Gasteiger partial charge in [-0.05, 0) is 24.6 Å². The maximum absolute atomic E-state index is 5.37. The first-order valence-corrected chi connectivity index (χ1v) is 6.56. The summed E-state index contributed by atoms with van der Waals surface area (Å²) in [5.41, 5.74) is 3.30. The Balaban J connectivity index is 1.95. The predicted octanol–water partition coefficient (Wildman–Crippen LogP) is 2.70. The molecule has 0 amide bonds. The number of benzene rings is 1. The minimum Gasteiger partial charge on any atom is -0.497 e. The molecule has 0 unspecified atom stereocenters. The van der Waals surface area contributed by atoms with Crippen molar-refractivity contribution in [3.05, 3.63) is 53.3 Å². The molecular weight excluding hydrogens is 252 g/mol. The molecule has 1 heterocycles. The molecule has 2 rings (SSSR count). The smallest absolute Gasteiger partial charge is 0.127 e. The molecular formula is C16H20N2O2. The van der Waals surface area contributed by atoms with E-state index in [2.05, 4.69) is 16.4 Å². The van der Waals surface area contributed by atoms with E-state index in [9.17, 15) is 0 Å². The monoisotopic (exact) mass is 272 g/mol. The fourth-order valence-corrected chi connectivity index (χ4v) is 1.93. The van der Waals surface area contributed by atoms with Gasteiger partial charge in [-0.1, -0.05) is 12.1 Å². The van der Waals surface area contributed by atoms with E-state index in [0.717, 1.165) is 35.8 Å². The van der Waals surface area contributed by atoms with Crippen molar-refractivity contribution in [2.75, 3.05) is 14.2 Å². The largest absolute Gasteiger partial charge is 0.497 e. The number of nitrogens with zero attached hydrogens (tertiary/aromatic N) is 1. The SMILES string of the molecule is COc1ccc(CNCc2ccc(C)cn2)c(OC)c1. The number of aromatic nitrogens is 1. The van der Waals surface area contributed by atoms with Crippen molar-refractivity contribution < 1.29 is 9.47 Å². The van der Waals surface area contributed by atoms with Gasteiger partial charge in [-0.3, -0.25) is 4.98 Å². The van der Waals surface area contributed by atoms with Gasteiger partial charge in [-0.25, -0.2) is 0 Å². The predicted molar refractivity (Wildman–Crippen MR) is 79.1 cm³/mol. The van der Waals surface area contributed by atoms with Gasteiger partial charge >= 0.3 is 0 Å². The van der Waals surface area contributed by atoms with Crippen LogP contribution in [0.2, 0.25) is 0 Å². The molecule has 0 aliphatic carbocycles. The molecule has 4 nitrogen and oxygen atoms in total. The summed E-state index contributed by atoms with van der Waals surface area (Å²) in [4.78, 5) is 4.37. The minimum atomic E-state index is 0.725. The lowest BCUT2D eigenvalue weighted by molar-refractivity contribution is 0.389. The molecule has 1 aromatic carbocycles. The van der Waals surface area contributed by atoms with Crippen LogP contribution in [0.3, 0.4) is 0 Å². The molecule has 106 valence electrons. The van der Waals surface area contributed by atoms with E-state index in [1.807, 2.05) is 37.4 Å². The molecule has 1 aromatic heterocycles. The van der Waals surface area contributed by atoms with E-state index in [4.69, 9.17) is 9.47 Å². The lowest BCUT2D eigenvalue weighted by Crippen LogP contribution is -2.14. The van der Waals surface area contributed by atoms with Crippen LogP contribution in [0, 0.1) is 6.92 Å². The second kappa shape index (κ2) is 6.91. The van der Waals surface area contributed by atoms with E-state index >= 15 is 0 Å².